The Morgan fingerprint density at radius 3 is 2.80 bits per heavy atom. The number of anilines is 1. The first kappa shape index (κ1) is 19.3. The van der Waals surface area contributed by atoms with Crippen molar-refractivity contribution in [2.24, 2.45) is 11.8 Å². The zero-order valence-electron chi connectivity index (χ0n) is 16.1. The van der Waals surface area contributed by atoms with Crippen LogP contribution in [0.15, 0.2) is 36.4 Å². The fourth-order valence-corrected chi connectivity index (χ4v) is 4.81. The summed E-state index contributed by atoms with van der Waals surface area (Å²) in [6.45, 7) is 1.94. The number of hydrogen-bond donors (Lipinski definition) is 2. The highest BCUT2D eigenvalue weighted by atomic mass is 19.4. The first-order valence-corrected chi connectivity index (χ1v) is 10.0. The minimum atomic E-state index is -4.44. The van der Waals surface area contributed by atoms with E-state index in [0.717, 1.165) is 36.8 Å². The summed E-state index contributed by atoms with van der Waals surface area (Å²) in [5.74, 6) is 1.61. The lowest BCUT2D eigenvalue weighted by Crippen LogP contribution is -2.35. The van der Waals surface area contributed by atoms with Crippen molar-refractivity contribution in [2.75, 3.05) is 18.0 Å². The normalized spacial score (nSPS) is 24.0. The average molecular weight is 419 g/mol. The van der Waals surface area contributed by atoms with E-state index in [1.807, 2.05) is 4.90 Å². The topological polar surface area (TPSA) is 56.8 Å². The third kappa shape index (κ3) is 3.62. The van der Waals surface area contributed by atoms with Gasteiger partial charge in [-0.1, -0.05) is 6.07 Å². The SMILES string of the molecule is Fc1ccc2nc(CNC3CCC4CN(c5cccc(C(F)(F)F)n5)CC43)[nH]c2c1. The van der Waals surface area contributed by atoms with Crippen molar-refractivity contribution in [3.63, 3.8) is 0 Å². The van der Waals surface area contributed by atoms with Crippen molar-refractivity contribution < 1.29 is 17.6 Å². The highest BCUT2D eigenvalue weighted by Gasteiger charge is 2.43. The predicted octanol–water partition coefficient (Wildman–Crippen LogP) is 4.12. The number of nitrogens with zero attached hydrogens (tertiary/aromatic N) is 3. The van der Waals surface area contributed by atoms with Gasteiger partial charge in [0.2, 0.25) is 0 Å². The summed E-state index contributed by atoms with van der Waals surface area (Å²) in [4.78, 5) is 13.4. The zero-order valence-corrected chi connectivity index (χ0v) is 16.1. The van der Waals surface area contributed by atoms with Crippen molar-refractivity contribution in [3.05, 3.63) is 53.7 Å². The van der Waals surface area contributed by atoms with Gasteiger partial charge in [-0.25, -0.2) is 14.4 Å². The molecule has 9 heteroatoms. The van der Waals surface area contributed by atoms with Crippen LogP contribution in [-0.2, 0) is 12.7 Å². The van der Waals surface area contributed by atoms with Crippen LogP contribution in [0.3, 0.4) is 0 Å². The quantitative estimate of drug-likeness (QED) is 0.625. The third-order valence-corrected chi connectivity index (χ3v) is 6.23. The molecule has 5 rings (SSSR count). The van der Waals surface area contributed by atoms with Gasteiger partial charge < -0.3 is 15.2 Å². The summed E-state index contributed by atoms with van der Waals surface area (Å²) in [7, 11) is 0. The Labute approximate surface area is 170 Å². The fourth-order valence-electron chi connectivity index (χ4n) is 4.81. The van der Waals surface area contributed by atoms with Gasteiger partial charge in [0.15, 0.2) is 0 Å². The number of benzene rings is 1. The number of pyridine rings is 1. The lowest BCUT2D eigenvalue weighted by atomic mass is 9.98. The van der Waals surface area contributed by atoms with E-state index >= 15 is 0 Å². The van der Waals surface area contributed by atoms with Gasteiger partial charge in [-0.05, 0) is 55.0 Å². The zero-order chi connectivity index (χ0) is 20.9. The largest absolute Gasteiger partial charge is 0.433 e. The Kier molecular flexibility index (Phi) is 4.65. The number of alkyl halides is 3. The van der Waals surface area contributed by atoms with Crippen molar-refractivity contribution in [3.8, 4) is 0 Å². The van der Waals surface area contributed by atoms with Crippen LogP contribution in [0.4, 0.5) is 23.4 Å². The molecule has 0 amide bonds. The van der Waals surface area contributed by atoms with Crippen LogP contribution < -0.4 is 10.2 Å². The monoisotopic (exact) mass is 419 g/mol. The van der Waals surface area contributed by atoms with E-state index in [2.05, 4.69) is 20.3 Å². The lowest BCUT2D eigenvalue weighted by molar-refractivity contribution is -0.141. The molecule has 2 N–H and O–H groups in total. The summed E-state index contributed by atoms with van der Waals surface area (Å²) >= 11 is 0. The number of halogens is 4. The first-order chi connectivity index (χ1) is 14.4. The van der Waals surface area contributed by atoms with Gasteiger partial charge >= 0.3 is 6.18 Å². The second kappa shape index (κ2) is 7.23. The Hall–Kier alpha value is -2.68. The number of imidazole rings is 1. The Morgan fingerprint density at radius 2 is 1.97 bits per heavy atom. The molecule has 3 heterocycles. The third-order valence-electron chi connectivity index (χ3n) is 6.23. The van der Waals surface area contributed by atoms with Crippen LogP contribution in [0.5, 0.6) is 0 Å². The number of rotatable bonds is 4. The molecule has 2 aromatic heterocycles. The molecular formula is C21H21F4N5. The Balaban J connectivity index is 1.25. The molecule has 2 aliphatic rings. The summed E-state index contributed by atoms with van der Waals surface area (Å²) in [6.07, 6.45) is -2.39. The van der Waals surface area contributed by atoms with Gasteiger partial charge in [0, 0.05) is 19.1 Å². The molecule has 0 radical (unpaired) electrons. The van der Waals surface area contributed by atoms with Gasteiger partial charge in [-0.15, -0.1) is 0 Å². The Bertz CT molecular complexity index is 1060. The number of H-pyrrole nitrogens is 1. The molecule has 3 unspecified atom stereocenters. The average Bonchev–Trinajstić information content (AvgIpc) is 3.39. The molecule has 3 atom stereocenters. The van der Waals surface area contributed by atoms with Crippen LogP contribution >= 0.6 is 0 Å². The second-order valence-corrected chi connectivity index (χ2v) is 8.12. The molecule has 1 saturated carbocycles. The lowest BCUT2D eigenvalue weighted by Gasteiger charge is -2.22. The fraction of sp³-hybridized carbons (Fsp3) is 0.429. The molecule has 1 aliphatic heterocycles. The standard InChI is InChI=1S/C21H21F4N5/c22-13-5-7-16-17(8-13)28-19(27-16)9-26-15-6-4-12-10-30(11-14(12)15)20-3-1-2-18(29-20)21(23,24)25/h1-3,5,7-8,12,14-15,26H,4,6,9-11H2,(H,27,28). The minimum absolute atomic E-state index is 0.260. The van der Waals surface area contributed by atoms with E-state index in [-0.39, 0.29) is 11.9 Å². The highest BCUT2D eigenvalue weighted by Crippen LogP contribution is 2.40. The molecule has 1 saturated heterocycles. The molecule has 0 spiro atoms. The number of hydrogen-bond acceptors (Lipinski definition) is 4. The van der Waals surface area contributed by atoms with E-state index in [1.54, 1.807) is 12.1 Å². The van der Waals surface area contributed by atoms with Crippen molar-refractivity contribution in [1.29, 1.82) is 0 Å². The number of nitrogens with one attached hydrogen (secondary N) is 2. The van der Waals surface area contributed by atoms with Crippen molar-refractivity contribution in [1.82, 2.24) is 20.3 Å². The van der Waals surface area contributed by atoms with E-state index < -0.39 is 11.9 Å². The second-order valence-electron chi connectivity index (χ2n) is 8.12. The predicted molar refractivity (Wildman–Crippen MR) is 104 cm³/mol. The van der Waals surface area contributed by atoms with Crippen LogP contribution in [0.2, 0.25) is 0 Å². The maximum atomic E-state index is 13.4. The minimum Gasteiger partial charge on any atom is -0.356 e. The van der Waals surface area contributed by atoms with Crippen LogP contribution in [0.1, 0.15) is 24.4 Å². The molecule has 30 heavy (non-hydrogen) atoms. The first-order valence-electron chi connectivity index (χ1n) is 10.0. The molecular weight excluding hydrogens is 398 g/mol. The van der Waals surface area contributed by atoms with E-state index in [4.69, 9.17) is 0 Å². The number of fused-ring (bicyclic) bond motifs is 2. The maximum absolute atomic E-state index is 13.4. The summed E-state index contributed by atoms with van der Waals surface area (Å²) in [5, 5.41) is 3.54. The molecule has 158 valence electrons. The molecule has 1 aliphatic carbocycles. The summed E-state index contributed by atoms with van der Waals surface area (Å²) < 4.78 is 52.3. The molecule has 5 nitrogen and oxygen atoms in total. The highest BCUT2D eigenvalue weighted by molar-refractivity contribution is 5.74. The van der Waals surface area contributed by atoms with Gasteiger partial charge in [0.25, 0.3) is 0 Å². The van der Waals surface area contributed by atoms with Crippen LogP contribution in [0.25, 0.3) is 11.0 Å². The molecule has 0 bridgehead atoms. The molecule has 2 fully saturated rings. The summed E-state index contributed by atoms with van der Waals surface area (Å²) in [6, 6.07) is 8.78. The van der Waals surface area contributed by atoms with E-state index in [1.165, 1.54) is 18.2 Å². The number of aromatic nitrogens is 3. The van der Waals surface area contributed by atoms with Gasteiger partial charge in [-0.2, -0.15) is 13.2 Å². The van der Waals surface area contributed by atoms with E-state index in [9.17, 15) is 17.6 Å². The van der Waals surface area contributed by atoms with Crippen molar-refractivity contribution >= 4 is 16.9 Å². The van der Waals surface area contributed by atoms with Crippen LogP contribution in [0, 0.1) is 17.7 Å². The molecule has 1 aromatic carbocycles. The summed E-state index contributed by atoms with van der Waals surface area (Å²) in [5.41, 5.74) is 0.534. The van der Waals surface area contributed by atoms with E-state index in [0.29, 0.717) is 36.3 Å². The number of aromatic amines is 1. The van der Waals surface area contributed by atoms with Gasteiger partial charge in [-0.3, -0.25) is 0 Å². The van der Waals surface area contributed by atoms with Crippen LogP contribution in [-0.4, -0.2) is 34.1 Å². The Morgan fingerprint density at radius 1 is 1.10 bits per heavy atom. The van der Waals surface area contributed by atoms with Gasteiger partial charge in [0.1, 0.15) is 23.2 Å². The molecule has 3 aromatic rings. The van der Waals surface area contributed by atoms with Gasteiger partial charge in [0.05, 0.1) is 17.6 Å². The van der Waals surface area contributed by atoms with Crippen molar-refractivity contribution in [2.45, 2.75) is 31.6 Å². The maximum Gasteiger partial charge on any atom is 0.433 e. The smallest absolute Gasteiger partial charge is 0.356 e.